The number of para-hydroxylation sites is 2. The van der Waals surface area contributed by atoms with Gasteiger partial charge in [0.25, 0.3) is 5.91 Å². The predicted octanol–water partition coefficient (Wildman–Crippen LogP) is 6.62. The molecule has 3 aliphatic rings. The second kappa shape index (κ2) is 10.8. The largest absolute Gasteiger partial charge is 0.507 e. The Morgan fingerprint density at radius 1 is 0.929 bits per heavy atom. The number of nitrogens with zero attached hydrogens (tertiary/aromatic N) is 4. The van der Waals surface area contributed by atoms with E-state index in [1.165, 1.54) is 42.1 Å². The van der Waals surface area contributed by atoms with Crippen molar-refractivity contribution < 1.29 is 14.3 Å². The van der Waals surface area contributed by atoms with Gasteiger partial charge in [0.15, 0.2) is 0 Å². The van der Waals surface area contributed by atoms with Gasteiger partial charge in [0.1, 0.15) is 23.0 Å². The van der Waals surface area contributed by atoms with Crippen LogP contribution < -0.4 is 0 Å². The smallest absolute Gasteiger partial charge is 0.260 e. The van der Waals surface area contributed by atoms with E-state index in [9.17, 15) is 14.3 Å². The Kier molecular flexibility index (Phi) is 7.01. The van der Waals surface area contributed by atoms with Crippen LogP contribution in [0.1, 0.15) is 72.7 Å². The van der Waals surface area contributed by atoms with E-state index in [0.29, 0.717) is 31.2 Å². The van der Waals surface area contributed by atoms with Crippen molar-refractivity contribution in [3.8, 4) is 5.75 Å². The van der Waals surface area contributed by atoms with Gasteiger partial charge in [-0.1, -0.05) is 48.5 Å². The topological polar surface area (TPSA) is 61.6 Å². The van der Waals surface area contributed by atoms with Crippen molar-refractivity contribution in [3.63, 3.8) is 0 Å². The molecule has 0 unspecified atom stereocenters. The number of fused-ring (bicyclic) bond motifs is 3. The van der Waals surface area contributed by atoms with Gasteiger partial charge in [0.05, 0.1) is 11.0 Å². The molecule has 0 aliphatic carbocycles. The maximum atomic E-state index is 14.5. The molecule has 3 atom stereocenters. The summed E-state index contributed by atoms with van der Waals surface area (Å²) >= 11 is 0. The summed E-state index contributed by atoms with van der Waals surface area (Å²) in [6.07, 6.45) is 7.50. The predicted molar refractivity (Wildman–Crippen MR) is 162 cm³/mol. The molecular weight excluding hydrogens is 527 g/mol. The number of aromatic nitrogens is 2. The number of aromatic hydroxyl groups is 1. The van der Waals surface area contributed by atoms with Crippen LogP contribution in [0, 0.1) is 12.7 Å². The maximum Gasteiger partial charge on any atom is 0.260 e. The first-order chi connectivity index (χ1) is 20.4. The molecule has 4 aromatic rings. The number of aryl methyl sites for hydroxylation is 1. The van der Waals surface area contributed by atoms with Gasteiger partial charge in [-0.05, 0) is 93.7 Å². The summed E-state index contributed by atoms with van der Waals surface area (Å²) in [6.45, 7) is 4.28. The number of phenolic OH excluding ortho intramolecular Hbond substituents is 1. The minimum Gasteiger partial charge on any atom is -0.507 e. The number of halogens is 1. The van der Waals surface area contributed by atoms with Crippen LogP contribution in [0.5, 0.6) is 5.75 Å². The zero-order valence-electron chi connectivity index (χ0n) is 24.3. The van der Waals surface area contributed by atoms with E-state index in [-0.39, 0.29) is 16.7 Å². The number of carbonyl (C=O) groups is 1. The molecule has 3 saturated heterocycles. The number of imidazole rings is 1. The first-order valence-electron chi connectivity index (χ1n) is 15.5. The van der Waals surface area contributed by atoms with Crippen LogP contribution in [0.15, 0.2) is 72.8 Å². The first kappa shape index (κ1) is 27.1. The molecule has 42 heavy (non-hydrogen) atoms. The highest BCUT2D eigenvalue weighted by atomic mass is 19.1. The highest BCUT2D eigenvalue weighted by molar-refractivity contribution is 5.97. The Bertz CT molecular complexity index is 1560. The Labute approximate surface area is 246 Å². The number of benzene rings is 3. The van der Waals surface area contributed by atoms with Crippen molar-refractivity contribution in [2.24, 2.45) is 0 Å². The summed E-state index contributed by atoms with van der Waals surface area (Å²) in [5, 5.41) is 10.2. The van der Waals surface area contributed by atoms with E-state index in [1.54, 1.807) is 4.90 Å². The second-order valence-electron chi connectivity index (χ2n) is 12.6. The van der Waals surface area contributed by atoms with Gasteiger partial charge in [0, 0.05) is 31.2 Å². The third kappa shape index (κ3) is 4.68. The number of piperidine rings is 2. The quantitative estimate of drug-likeness (QED) is 0.285. The summed E-state index contributed by atoms with van der Waals surface area (Å²) in [4.78, 5) is 22.6. The molecule has 4 heterocycles. The van der Waals surface area contributed by atoms with Gasteiger partial charge >= 0.3 is 0 Å². The lowest BCUT2D eigenvalue weighted by molar-refractivity contribution is 0.0600. The van der Waals surface area contributed by atoms with Gasteiger partial charge in [-0.3, -0.25) is 9.69 Å². The fraction of sp³-hybridized carbons (Fsp3) is 0.429. The van der Waals surface area contributed by atoms with Gasteiger partial charge in [-0.2, -0.15) is 0 Å². The Balaban J connectivity index is 1.07. The molecule has 3 aliphatic heterocycles. The van der Waals surface area contributed by atoms with Crippen molar-refractivity contribution in [1.82, 2.24) is 19.4 Å². The molecule has 218 valence electrons. The molecule has 0 saturated carbocycles. The lowest BCUT2D eigenvalue weighted by atomic mass is 9.70. The highest BCUT2D eigenvalue weighted by Crippen LogP contribution is 2.45. The lowest BCUT2D eigenvalue weighted by Crippen LogP contribution is -2.49. The fourth-order valence-corrected chi connectivity index (χ4v) is 8.29. The molecule has 7 rings (SSSR count). The van der Waals surface area contributed by atoms with Gasteiger partial charge in [-0.15, -0.1) is 0 Å². The number of hydrogen-bond acceptors (Lipinski definition) is 4. The number of likely N-dealkylation sites (tertiary alicyclic amines) is 1. The van der Waals surface area contributed by atoms with Gasteiger partial charge < -0.3 is 14.6 Å². The Morgan fingerprint density at radius 2 is 1.62 bits per heavy atom. The van der Waals surface area contributed by atoms with Crippen LogP contribution in [0.3, 0.4) is 0 Å². The van der Waals surface area contributed by atoms with E-state index in [1.807, 2.05) is 0 Å². The minimum absolute atomic E-state index is 0.0389. The number of phenols is 1. The van der Waals surface area contributed by atoms with E-state index in [0.717, 1.165) is 50.0 Å². The summed E-state index contributed by atoms with van der Waals surface area (Å²) in [5.41, 5.74) is 3.41. The van der Waals surface area contributed by atoms with Crippen molar-refractivity contribution in [2.75, 3.05) is 19.6 Å². The molecular formula is C35H39FN4O2. The molecule has 6 nitrogen and oxygen atoms in total. The van der Waals surface area contributed by atoms with Crippen molar-refractivity contribution in [1.29, 1.82) is 0 Å². The zero-order valence-corrected chi connectivity index (χ0v) is 24.3. The van der Waals surface area contributed by atoms with E-state index in [2.05, 4.69) is 71.0 Å². The second-order valence-corrected chi connectivity index (χ2v) is 12.6. The molecule has 1 amide bonds. The molecule has 0 radical (unpaired) electrons. The normalized spacial score (nSPS) is 23.9. The summed E-state index contributed by atoms with van der Waals surface area (Å²) in [7, 11) is 0. The Morgan fingerprint density at radius 3 is 2.33 bits per heavy atom. The van der Waals surface area contributed by atoms with Crippen molar-refractivity contribution in [3.05, 3.63) is 95.6 Å². The van der Waals surface area contributed by atoms with E-state index >= 15 is 0 Å². The molecule has 1 N–H and O–H groups in total. The third-order valence-electron chi connectivity index (χ3n) is 10.4. The highest BCUT2D eigenvalue weighted by Gasteiger charge is 2.44. The van der Waals surface area contributed by atoms with E-state index < -0.39 is 11.7 Å². The van der Waals surface area contributed by atoms with Crippen LogP contribution in [0.4, 0.5) is 4.39 Å². The van der Waals surface area contributed by atoms with Crippen LogP contribution >= 0.6 is 0 Å². The Hall–Kier alpha value is -3.71. The molecule has 0 spiro atoms. The molecule has 7 heteroatoms. The van der Waals surface area contributed by atoms with Crippen LogP contribution in [-0.2, 0) is 5.41 Å². The molecule has 3 fully saturated rings. The van der Waals surface area contributed by atoms with Crippen LogP contribution in [-0.4, -0.2) is 62.1 Å². The summed E-state index contributed by atoms with van der Waals surface area (Å²) in [5.74, 6) is -0.271. The molecule has 2 bridgehead atoms. The first-order valence-corrected chi connectivity index (χ1v) is 15.5. The van der Waals surface area contributed by atoms with Crippen molar-refractivity contribution >= 4 is 16.9 Å². The number of rotatable bonds is 6. The zero-order chi connectivity index (χ0) is 28.8. The maximum absolute atomic E-state index is 14.5. The van der Waals surface area contributed by atoms with Crippen LogP contribution in [0.2, 0.25) is 0 Å². The number of carbonyl (C=O) groups excluding carboxylic acids is 1. The monoisotopic (exact) mass is 566 g/mol. The standard InChI is InChI=1S/C35H39FN4O2/c1-24-37-30-11-5-6-12-31(30)40(24)28-22-26-14-15-27(23-28)39(26)21-18-35(25-8-3-2-4-9-25)16-19-38(20-17-35)34(42)33-29(36)10-7-13-32(33)41/h2-13,26-28,41H,14-23H2,1H3/t26-,27+,28+. The number of hydrogen-bond donors (Lipinski definition) is 1. The van der Waals surface area contributed by atoms with Gasteiger partial charge in [0.2, 0.25) is 0 Å². The minimum atomic E-state index is -0.669. The summed E-state index contributed by atoms with van der Waals surface area (Å²) in [6, 6.07) is 24.9. The average molecular weight is 567 g/mol. The van der Waals surface area contributed by atoms with Crippen LogP contribution in [0.25, 0.3) is 11.0 Å². The van der Waals surface area contributed by atoms with E-state index in [4.69, 9.17) is 4.98 Å². The fourth-order valence-electron chi connectivity index (χ4n) is 8.29. The molecule has 1 aromatic heterocycles. The average Bonchev–Trinajstić information content (AvgIpc) is 3.47. The van der Waals surface area contributed by atoms with Gasteiger partial charge in [-0.25, -0.2) is 9.37 Å². The summed E-state index contributed by atoms with van der Waals surface area (Å²) < 4.78 is 17.0. The third-order valence-corrected chi connectivity index (χ3v) is 10.4. The lowest BCUT2D eigenvalue weighted by Gasteiger charge is -2.45. The van der Waals surface area contributed by atoms with Crippen molar-refractivity contribution in [2.45, 2.75) is 75.4 Å². The number of amides is 1. The SMILES string of the molecule is Cc1nc2ccccc2n1[C@H]1C[C@H]2CC[C@@H](C1)N2CCC1(c2ccccc2)CCN(C(=O)c2c(O)cccc2F)CC1. The molecule has 3 aromatic carbocycles.